The maximum Gasteiger partial charge on any atom is 0.414 e. The first-order chi connectivity index (χ1) is 17.3. The lowest BCUT2D eigenvalue weighted by molar-refractivity contribution is -0.143. The highest BCUT2D eigenvalue weighted by molar-refractivity contribution is 5.96. The monoisotopic (exact) mass is 490 g/mol. The molecule has 190 valence electrons. The fraction of sp³-hybridized carbons (Fsp3) is 0.464. The van der Waals surface area contributed by atoms with E-state index in [1.54, 1.807) is 4.90 Å². The van der Waals surface area contributed by atoms with Crippen LogP contribution in [-0.2, 0) is 16.0 Å². The molecule has 1 saturated carbocycles. The summed E-state index contributed by atoms with van der Waals surface area (Å²) in [6, 6.07) is 12.5. The third-order valence-electron chi connectivity index (χ3n) is 8.00. The molecule has 2 aromatic carbocycles. The number of aromatic nitrogens is 2. The van der Waals surface area contributed by atoms with E-state index in [1.807, 2.05) is 32.2 Å². The molecule has 1 amide bonds. The Bertz CT molecular complexity index is 1310. The van der Waals surface area contributed by atoms with E-state index in [4.69, 9.17) is 9.72 Å². The van der Waals surface area contributed by atoms with Gasteiger partial charge < -0.3 is 19.3 Å². The largest absolute Gasteiger partial charge is 0.481 e. The minimum atomic E-state index is -0.702. The average molecular weight is 491 g/mol. The van der Waals surface area contributed by atoms with Crippen LogP contribution in [0.3, 0.4) is 0 Å². The number of amides is 1. The molecule has 36 heavy (non-hydrogen) atoms. The number of anilines is 3. The van der Waals surface area contributed by atoms with E-state index in [1.165, 1.54) is 7.11 Å². The van der Waals surface area contributed by atoms with Gasteiger partial charge in [0.1, 0.15) is 0 Å². The number of fused-ring (bicyclic) bond motifs is 3. The Balaban J connectivity index is 1.67. The summed E-state index contributed by atoms with van der Waals surface area (Å²) < 4.78 is 7.40. The van der Waals surface area contributed by atoms with Gasteiger partial charge in [-0.15, -0.1) is 0 Å². The maximum atomic E-state index is 12.6. The van der Waals surface area contributed by atoms with Gasteiger partial charge >= 0.3 is 12.1 Å². The number of aryl methyl sites for hydroxylation is 2. The highest BCUT2D eigenvalue weighted by Gasteiger charge is 2.34. The van der Waals surface area contributed by atoms with Gasteiger partial charge in [-0.3, -0.25) is 9.69 Å². The van der Waals surface area contributed by atoms with E-state index in [-0.39, 0.29) is 24.1 Å². The second-order valence-electron chi connectivity index (χ2n) is 10.1. The number of para-hydroxylation sites is 1. The molecular weight excluding hydrogens is 456 g/mol. The first kappa shape index (κ1) is 24.2. The Hall–Kier alpha value is -3.55. The van der Waals surface area contributed by atoms with Crippen LogP contribution in [0.15, 0.2) is 36.4 Å². The van der Waals surface area contributed by atoms with Gasteiger partial charge in [0, 0.05) is 30.4 Å². The number of hydrogen-bond donors (Lipinski definition) is 1. The van der Waals surface area contributed by atoms with Gasteiger partial charge in [-0.1, -0.05) is 18.2 Å². The molecule has 1 N–H and O–H groups in total. The predicted molar refractivity (Wildman–Crippen MR) is 140 cm³/mol. The van der Waals surface area contributed by atoms with Gasteiger partial charge in [-0.25, -0.2) is 9.78 Å². The number of benzene rings is 2. The minimum Gasteiger partial charge on any atom is -0.481 e. The van der Waals surface area contributed by atoms with Crippen LogP contribution in [0.1, 0.15) is 56.2 Å². The van der Waals surface area contributed by atoms with E-state index in [0.717, 1.165) is 65.2 Å². The number of ether oxygens (including phenoxy) is 1. The SMILES string of the molecule is COC(=O)N1c2ccc3c(nc(N(C)c4ccccc4C)n3C3CCC(C(=O)O)CC3)c2CCC1C. The van der Waals surface area contributed by atoms with Crippen molar-refractivity contribution in [3.8, 4) is 0 Å². The van der Waals surface area contributed by atoms with Crippen molar-refractivity contribution in [3.05, 3.63) is 47.5 Å². The van der Waals surface area contributed by atoms with E-state index < -0.39 is 5.97 Å². The third kappa shape index (κ3) is 3.98. The standard InChI is InChI=1S/C28H34N4O4/c1-17-7-5-6-8-22(17)30(3)27-29-25-21-14-9-18(2)31(28(35)36-4)23(21)15-16-24(25)32(27)20-12-10-19(11-13-20)26(33)34/h5-8,15-16,18-20H,9-14H2,1-4H3,(H,33,34). The molecule has 8 nitrogen and oxygen atoms in total. The van der Waals surface area contributed by atoms with Crippen LogP contribution < -0.4 is 9.80 Å². The zero-order chi connectivity index (χ0) is 25.6. The van der Waals surface area contributed by atoms with Crippen molar-refractivity contribution in [3.63, 3.8) is 0 Å². The van der Waals surface area contributed by atoms with Crippen LogP contribution >= 0.6 is 0 Å². The molecule has 1 aliphatic heterocycles. The number of aliphatic carboxylic acids is 1. The number of carboxylic acids is 1. The number of rotatable bonds is 4. The molecule has 0 bridgehead atoms. The van der Waals surface area contributed by atoms with Crippen LogP contribution in [0.25, 0.3) is 11.0 Å². The van der Waals surface area contributed by atoms with Crippen molar-refractivity contribution < 1.29 is 19.4 Å². The molecule has 0 saturated heterocycles. The number of nitrogens with zero attached hydrogens (tertiary/aromatic N) is 4. The molecule has 5 rings (SSSR count). The van der Waals surface area contributed by atoms with Crippen molar-refractivity contribution in [2.45, 2.75) is 64.5 Å². The van der Waals surface area contributed by atoms with Crippen LogP contribution in [0.5, 0.6) is 0 Å². The molecule has 8 heteroatoms. The third-order valence-corrected chi connectivity index (χ3v) is 8.00. The average Bonchev–Trinajstić information content (AvgIpc) is 3.28. The van der Waals surface area contributed by atoms with Crippen molar-refractivity contribution in [1.29, 1.82) is 0 Å². The van der Waals surface area contributed by atoms with E-state index in [0.29, 0.717) is 12.8 Å². The molecule has 2 aliphatic rings. The van der Waals surface area contributed by atoms with Gasteiger partial charge in [0.25, 0.3) is 0 Å². The second-order valence-corrected chi connectivity index (χ2v) is 10.1. The Morgan fingerprint density at radius 3 is 2.47 bits per heavy atom. The summed E-state index contributed by atoms with van der Waals surface area (Å²) in [4.78, 5) is 33.3. The normalized spacial score (nSPS) is 21.8. The smallest absolute Gasteiger partial charge is 0.414 e. The van der Waals surface area contributed by atoms with Gasteiger partial charge in [0.15, 0.2) is 0 Å². The van der Waals surface area contributed by atoms with Gasteiger partial charge in [0.05, 0.1) is 29.7 Å². The first-order valence-corrected chi connectivity index (χ1v) is 12.7. The van der Waals surface area contributed by atoms with Gasteiger partial charge in [-0.05, 0) is 76.1 Å². The molecule has 0 spiro atoms. The fourth-order valence-corrected chi connectivity index (χ4v) is 5.99. The molecule has 2 heterocycles. The summed E-state index contributed by atoms with van der Waals surface area (Å²) in [7, 11) is 3.46. The van der Waals surface area contributed by atoms with Crippen molar-refractivity contribution in [1.82, 2.24) is 9.55 Å². The van der Waals surface area contributed by atoms with E-state index in [2.05, 4.69) is 34.6 Å². The number of carbonyl (C=O) groups is 2. The lowest BCUT2D eigenvalue weighted by atomic mass is 9.86. The number of carbonyl (C=O) groups excluding carboxylic acids is 1. The zero-order valence-corrected chi connectivity index (χ0v) is 21.4. The molecule has 1 aromatic heterocycles. The van der Waals surface area contributed by atoms with Gasteiger partial charge in [0.2, 0.25) is 5.95 Å². The molecule has 0 radical (unpaired) electrons. The summed E-state index contributed by atoms with van der Waals surface area (Å²) in [5.74, 6) is -0.140. The fourth-order valence-electron chi connectivity index (χ4n) is 5.99. The van der Waals surface area contributed by atoms with Crippen LogP contribution in [0.4, 0.5) is 22.1 Å². The molecule has 3 aromatic rings. The molecule has 1 atom stereocenters. The Morgan fingerprint density at radius 2 is 1.81 bits per heavy atom. The maximum absolute atomic E-state index is 12.6. The predicted octanol–water partition coefficient (Wildman–Crippen LogP) is 5.84. The lowest BCUT2D eigenvalue weighted by Gasteiger charge is -2.34. The topological polar surface area (TPSA) is 87.9 Å². The first-order valence-electron chi connectivity index (χ1n) is 12.7. The second kappa shape index (κ2) is 9.48. The van der Waals surface area contributed by atoms with Crippen LogP contribution in [0, 0.1) is 12.8 Å². The molecule has 1 fully saturated rings. The van der Waals surface area contributed by atoms with E-state index in [9.17, 15) is 14.7 Å². The molecular formula is C28H34N4O4. The lowest BCUT2D eigenvalue weighted by Crippen LogP contribution is -2.42. The Morgan fingerprint density at radius 1 is 1.08 bits per heavy atom. The van der Waals surface area contributed by atoms with Crippen LogP contribution in [0.2, 0.25) is 0 Å². The van der Waals surface area contributed by atoms with Crippen molar-refractivity contribution >= 4 is 40.4 Å². The summed E-state index contributed by atoms with van der Waals surface area (Å²) in [6.07, 6.45) is 4.21. The Labute approximate surface area is 211 Å². The highest BCUT2D eigenvalue weighted by atomic mass is 16.5. The van der Waals surface area contributed by atoms with Crippen molar-refractivity contribution in [2.75, 3.05) is 24.0 Å². The van der Waals surface area contributed by atoms with E-state index >= 15 is 0 Å². The Kier molecular flexibility index (Phi) is 6.36. The van der Waals surface area contributed by atoms with Crippen LogP contribution in [-0.4, -0.2) is 46.9 Å². The summed E-state index contributed by atoms with van der Waals surface area (Å²) >= 11 is 0. The number of hydrogen-bond acceptors (Lipinski definition) is 5. The molecule has 1 aliphatic carbocycles. The number of carboxylic acid groups (broad SMARTS) is 1. The molecule has 1 unspecified atom stereocenters. The minimum absolute atomic E-state index is 0.0462. The zero-order valence-electron chi connectivity index (χ0n) is 21.4. The number of methoxy groups -OCH3 is 1. The van der Waals surface area contributed by atoms with Crippen molar-refractivity contribution in [2.24, 2.45) is 5.92 Å². The van der Waals surface area contributed by atoms with Gasteiger partial charge in [-0.2, -0.15) is 0 Å². The summed E-state index contributed by atoms with van der Waals surface area (Å²) in [5.41, 5.74) is 6.09. The highest BCUT2D eigenvalue weighted by Crippen LogP contribution is 2.43. The number of imidazole rings is 1. The summed E-state index contributed by atoms with van der Waals surface area (Å²) in [5, 5.41) is 9.52. The quantitative estimate of drug-likeness (QED) is 0.495. The summed E-state index contributed by atoms with van der Waals surface area (Å²) in [6.45, 7) is 4.13.